The standard InChI is InChI=1S/C26H35N3O.2ClHO4.Fe.3H2O/c1-16(2)19-11-9-12-20(17(3)4)24(19)27-18(5)21-13-10-14-22(28-21)25-29-23(15-30-25)26(6,7)8;2*2-1(3,4)5;;;;/h9-14,16-17,23H,15H2,1-8H3;2*(H,2,3,4,5);;3*1H2/q;;;+2;;;/t23-;;;;;;/m1....../s1. The second-order valence-corrected chi connectivity index (χ2v) is 12.1. The van der Waals surface area contributed by atoms with Gasteiger partial charge in [-0.3, -0.25) is 4.99 Å². The second kappa shape index (κ2) is 20.3. The maximum absolute atomic E-state index is 8.49. The third-order valence-electron chi connectivity index (χ3n) is 5.61. The van der Waals surface area contributed by atoms with Crippen molar-refractivity contribution in [2.45, 2.75) is 73.3 Å². The molecular weight excluding hydrogens is 673 g/mol. The molecule has 1 aliphatic heterocycles. The second-order valence-electron chi connectivity index (χ2n) is 10.6. The molecule has 0 radical (unpaired) electrons. The van der Waals surface area contributed by atoms with E-state index >= 15 is 0 Å². The molecule has 0 aliphatic carbocycles. The van der Waals surface area contributed by atoms with Crippen LogP contribution in [0.25, 0.3) is 0 Å². The first-order valence-corrected chi connectivity index (χ1v) is 14.6. The van der Waals surface area contributed by atoms with Crippen molar-refractivity contribution in [1.29, 1.82) is 0 Å². The van der Waals surface area contributed by atoms with E-state index in [-0.39, 0.29) is 45.0 Å². The predicted molar refractivity (Wildman–Crippen MR) is 140 cm³/mol. The molecule has 0 fully saturated rings. The van der Waals surface area contributed by atoms with Crippen LogP contribution in [0.5, 0.6) is 0 Å². The Morgan fingerprint density at radius 2 is 1.25 bits per heavy atom. The molecule has 1 aliphatic rings. The van der Waals surface area contributed by atoms with Crippen LogP contribution in [0.15, 0.2) is 46.4 Å². The van der Waals surface area contributed by atoms with Crippen LogP contribution in [0.1, 0.15) is 89.7 Å². The Kier molecular flexibility index (Phi) is 22.7. The first-order valence-electron chi connectivity index (χ1n) is 12.2. The van der Waals surface area contributed by atoms with Crippen molar-refractivity contribution in [3.05, 3.63) is 58.9 Å². The Labute approximate surface area is 271 Å². The summed E-state index contributed by atoms with van der Waals surface area (Å²) < 4.78 is 73.8. The molecule has 0 saturated carbocycles. The van der Waals surface area contributed by atoms with Crippen molar-refractivity contribution in [2.75, 3.05) is 6.61 Å². The smallest absolute Gasteiger partial charge is 0.474 e. The Morgan fingerprint density at radius 1 is 0.841 bits per heavy atom. The fraction of sp³-hybridized carbons (Fsp3) is 0.500. The summed E-state index contributed by atoms with van der Waals surface area (Å²) in [6.07, 6.45) is 0. The quantitative estimate of drug-likeness (QED) is 0.160. The van der Waals surface area contributed by atoms with Crippen LogP contribution in [-0.2, 0) is 32.8 Å². The number of hydrogen-bond donors (Lipinski definition) is 0. The van der Waals surface area contributed by atoms with E-state index in [0.717, 1.165) is 22.8 Å². The van der Waals surface area contributed by atoms with Crippen molar-refractivity contribution < 1.29 is 96.0 Å². The first kappa shape index (κ1) is 49.1. The molecule has 3 rings (SSSR count). The van der Waals surface area contributed by atoms with Gasteiger partial charge in [0.05, 0.1) is 23.1 Å². The van der Waals surface area contributed by atoms with Gasteiger partial charge in [-0.25, -0.2) is 47.2 Å². The molecule has 1 atom stereocenters. The topological polar surface area (TPSA) is 329 Å². The summed E-state index contributed by atoms with van der Waals surface area (Å²) in [6, 6.07) is 12.6. The molecule has 0 spiro atoms. The van der Waals surface area contributed by atoms with Crippen LogP contribution >= 0.6 is 0 Å². The normalized spacial score (nSPS) is 14.6. The predicted octanol–water partition coefficient (Wildman–Crippen LogP) is -5.52. The largest absolute Gasteiger partial charge is 2.00 e. The zero-order valence-corrected chi connectivity index (χ0v) is 28.3. The summed E-state index contributed by atoms with van der Waals surface area (Å²) in [4.78, 5) is 14.7. The number of nitrogens with zero attached hydrogens (tertiary/aromatic N) is 3. The maximum Gasteiger partial charge on any atom is 2.00 e. The van der Waals surface area contributed by atoms with Crippen molar-refractivity contribution in [3.63, 3.8) is 0 Å². The van der Waals surface area contributed by atoms with Gasteiger partial charge in [-0.15, -0.1) is 20.5 Å². The van der Waals surface area contributed by atoms with Crippen molar-refractivity contribution >= 4 is 17.3 Å². The van der Waals surface area contributed by atoms with Gasteiger partial charge in [-0.2, -0.15) is 0 Å². The molecule has 0 unspecified atom stereocenters. The molecule has 0 amide bonds. The third-order valence-corrected chi connectivity index (χ3v) is 5.61. The fourth-order valence-electron chi connectivity index (χ4n) is 3.58. The van der Waals surface area contributed by atoms with Crippen molar-refractivity contribution in [3.8, 4) is 0 Å². The molecule has 44 heavy (non-hydrogen) atoms. The summed E-state index contributed by atoms with van der Waals surface area (Å²) in [5.41, 5.74) is 6.22. The molecule has 2 heterocycles. The van der Waals surface area contributed by atoms with E-state index in [0.29, 0.717) is 24.3 Å². The van der Waals surface area contributed by atoms with E-state index < -0.39 is 20.5 Å². The molecule has 1 aromatic heterocycles. The minimum absolute atomic E-state index is 0. The number of pyridine rings is 1. The van der Waals surface area contributed by atoms with Gasteiger partial charge in [-0.1, -0.05) is 72.7 Å². The fourth-order valence-corrected chi connectivity index (χ4v) is 3.58. The third kappa shape index (κ3) is 18.9. The van der Waals surface area contributed by atoms with E-state index in [4.69, 9.17) is 57.0 Å². The van der Waals surface area contributed by atoms with E-state index in [1.807, 2.05) is 25.1 Å². The van der Waals surface area contributed by atoms with Crippen molar-refractivity contribution in [2.24, 2.45) is 15.4 Å². The Hall–Kier alpha value is -1.83. The zero-order valence-electron chi connectivity index (χ0n) is 25.7. The Morgan fingerprint density at radius 3 is 1.61 bits per heavy atom. The minimum atomic E-state index is -4.94. The number of benzene rings is 1. The van der Waals surface area contributed by atoms with Gasteiger partial charge >= 0.3 is 17.1 Å². The van der Waals surface area contributed by atoms with Crippen LogP contribution < -0.4 is 37.3 Å². The zero-order chi connectivity index (χ0) is 31.1. The number of halogens is 2. The molecule has 0 bridgehead atoms. The number of hydrogen-bond acceptors (Lipinski definition) is 12. The molecule has 254 valence electrons. The first-order chi connectivity index (χ1) is 18.1. The number of aliphatic imine (C=N–C) groups is 2. The SMILES string of the molecule is CC(=Nc1c(C(C)C)cccc1C(C)C)c1cccc(C2=N[C@@H](C(C)(C)C)CO2)n1.O.[Fe+2].[O-][Cl+3]([O-])([O-])[O-].[O-][Cl+3]([O-])([O-])[O-].[OH3+].[OH3+]. The summed E-state index contributed by atoms with van der Waals surface area (Å²) in [5.74, 6) is 1.45. The van der Waals surface area contributed by atoms with Crippen LogP contribution in [0.3, 0.4) is 0 Å². The van der Waals surface area contributed by atoms with Crippen LogP contribution in [0, 0.1) is 25.9 Å². The van der Waals surface area contributed by atoms with Crippen molar-refractivity contribution in [1.82, 2.24) is 4.98 Å². The van der Waals surface area contributed by atoms with E-state index in [1.165, 1.54) is 11.1 Å². The molecule has 8 N–H and O–H groups in total. The van der Waals surface area contributed by atoms with Gasteiger partial charge in [0.1, 0.15) is 12.3 Å². The summed E-state index contributed by atoms with van der Waals surface area (Å²) in [5, 5.41) is 0. The van der Waals surface area contributed by atoms with Gasteiger partial charge in [0.2, 0.25) is 5.90 Å². The monoisotopic (exact) mass is 715 g/mol. The number of aromatic nitrogens is 1. The molecule has 15 nitrogen and oxygen atoms in total. The van der Waals surface area contributed by atoms with E-state index in [2.05, 4.69) is 66.7 Å². The molecule has 0 saturated heterocycles. The van der Waals surface area contributed by atoms with Gasteiger partial charge in [0.15, 0.2) is 0 Å². The Balaban J connectivity index is -0.000000498. The number of ether oxygens (including phenoxy) is 1. The Bertz CT molecular complexity index is 1130. The summed E-state index contributed by atoms with van der Waals surface area (Å²) >= 11 is 0. The minimum Gasteiger partial charge on any atom is -0.474 e. The average molecular weight is 716 g/mol. The summed E-state index contributed by atoms with van der Waals surface area (Å²) in [6.45, 7) is 18.1. The maximum atomic E-state index is 8.49. The van der Waals surface area contributed by atoms with Gasteiger partial charge in [-0.05, 0) is 47.4 Å². The molecule has 1 aromatic carbocycles. The van der Waals surface area contributed by atoms with Crippen LogP contribution in [0.2, 0.25) is 0 Å². The van der Waals surface area contributed by atoms with E-state index in [9.17, 15) is 0 Å². The van der Waals surface area contributed by atoms with E-state index in [1.54, 1.807) is 0 Å². The average Bonchev–Trinajstić information content (AvgIpc) is 3.28. The molecule has 2 aromatic rings. The molecular formula is C26H43Cl2FeN3O12+2. The number of rotatable bonds is 5. The van der Waals surface area contributed by atoms with Crippen LogP contribution in [-0.4, -0.2) is 34.7 Å². The van der Waals surface area contributed by atoms with Gasteiger partial charge in [0, 0.05) is 0 Å². The molecule has 18 heteroatoms. The summed E-state index contributed by atoms with van der Waals surface area (Å²) in [7, 11) is -9.89. The van der Waals surface area contributed by atoms with Gasteiger partial charge < -0.3 is 21.2 Å². The van der Waals surface area contributed by atoms with Crippen LogP contribution in [0.4, 0.5) is 5.69 Å². The number of para-hydroxylation sites is 1. The van der Waals surface area contributed by atoms with Gasteiger partial charge in [0.25, 0.3) is 0 Å².